The number of aryl methyl sites for hydroxylation is 2. The fourth-order valence-electron chi connectivity index (χ4n) is 2.98. The maximum Gasteiger partial charge on any atom is 0.322 e. The Kier molecular flexibility index (Phi) is 3.69. The molecule has 0 aliphatic heterocycles. The van der Waals surface area contributed by atoms with Gasteiger partial charge in [0.2, 0.25) is 0 Å². The van der Waals surface area contributed by atoms with Gasteiger partial charge in [-0.3, -0.25) is 0 Å². The molecule has 1 aliphatic carbocycles. The van der Waals surface area contributed by atoms with E-state index >= 15 is 0 Å². The van der Waals surface area contributed by atoms with Crippen molar-refractivity contribution in [2.75, 3.05) is 5.32 Å². The van der Waals surface area contributed by atoms with E-state index < -0.39 is 12.0 Å². The Balaban J connectivity index is 1.99. The first kappa shape index (κ1) is 14.7. The van der Waals surface area contributed by atoms with Crippen LogP contribution in [0, 0.1) is 13.8 Å². The molecule has 0 heterocycles. The van der Waals surface area contributed by atoms with Crippen molar-refractivity contribution in [3.63, 3.8) is 0 Å². The molecule has 0 bridgehead atoms. The van der Waals surface area contributed by atoms with Gasteiger partial charge in [-0.15, -0.1) is 0 Å². The molecule has 114 valence electrons. The van der Waals surface area contributed by atoms with Crippen LogP contribution in [0.5, 0.6) is 0 Å². The van der Waals surface area contributed by atoms with Gasteiger partial charge >= 0.3 is 6.08 Å². The number of fused-ring (bicyclic) bond motifs is 1. The molecule has 0 aromatic heterocycles. The van der Waals surface area contributed by atoms with Gasteiger partial charge in [0.15, 0.2) is 0 Å². The second-order valence-corrected chi connectivity index (χ2v) is 5.75. The van der Waals surface area contributed by atoms with Crippen LogP contribution in [0.1, 0.15) is 33.7 Å². The summed E-state index contributed by atoms with van der Waals surface area (Å²) in [6.07, 6.45) is -1.49. The first-order chi connectivity index (χ1) is 10.5. The normalized spacial score (nSPS) is 15.8. The minimum atomic E-state index is -2.34. The molecule has 1 atom stereocenters. The smallest absolute Gasteiger partial charge is 0.322 e. The van der Waals surface area contributed by atoms with Crippen molar-refractivity contribution < 1.29 is 13.2 Å². The Hall–Kier alpha value is -2.23. The van der Waals surface area contributed by atoms with Gasteiger partial charge in [-0.1, -0.05) is 41.5 Å². The van der Waals surface area contributed by atoms with Crippen molar-refractivity contribution in [1.29, 1.82) is 0 Å². The van der Waals surface area contributed by atoms with Crippen molar-refractivity contribution in [2.24, 2.45) is 0 Å². The molecule has 0 amide bonds. The van der Waals surface area contributed by atoms with E-state index in [1.54, 1.807) is 12.1 Å². The lowest BCUT2D eigenvalue weighted by atomic mass is 9.72. The third-order valence-corrected chi connectivity index (χ3v) is 4.09. The number of benzene rings is 2. The summed E-state index contributed by atoms with van der Waals surface area (Å²) in [6.45, 7) is 3.97. The van der Waals surface area contributed by atoms with Crippen molar-refractivity contribution in [1.82, 2.24) is 0 Å². The van der Waals surface area contributed by atoms with Gasteiger partial charge in [0.25, 0.3) is 5.95 Å². The zero-order valence-electron chi connectivity index (χ0n) is 12.4. The molecular formula is C18H16F3N. The van der Waals surface area contributed by atoms with Gasteiger partial charge in [-0.25, -0.2) is 0 Å². The highest BCUT2D eigenvalue weighted by Crippen LogP contribution is 2.43. The fraction of sp³-hybridized carbons (Fsp3) is 0.222. The average Bonchev–Trinajstić information content (AvgIpc) is 2.44. The van der Waals surface area contributed by atoms with Crippen molar-refractivity contribution in [3.05, 3.63) is 76.2 Å². The summed E-state index contributed by atoms with van der Waals surface area (Å²) in [5.41, 5.74) is 5.92. The minimum absolute atomic E-state index is 0.119. The van der Waals surface area contributed by atoms with Gasteiger partial charge in [0, 0.05) is 11.6 Å². The van der Waals surface area contributed by atoms with E-state index in [9.17, 15) is 13.2 Å². The van der Waals surface area contributed by atoms with Gasteiger partial charge in [-0.05, 0) is 43.0 Å². The highest BCUT2D eigenvalue weighted by Gasteiger charge is 2.29. The van der Waals surface area contributed by atoms with Crippen LogP contribution in [0.15, 0.2) is 48.4 Å². The largest absolute Gasteiger partial charge is 0.327 e. The monoisotopic (exact) mass is 303 g/mol. The molecule has 1 N–H and O–H groups in total. The third kappa shape index (κ3) is 2.61. The lowest BCUT2D eigenvalue weighted by molar-refractivity contribution is 0.382. The van der Waals surface area contributed by atoms with Crippen LogP contribution in [0.4, 0.5) is 18.9 Å². The maximum absolute atomic E-state index is 13.2. The molecule has 22 heavy (non-hydrogen) atoms. The van der Waals surface area contributed by atoms with Crippen molar-refractivity contribution in [3.8, 4) is 0 Å². The van der Waals surface area contributed by atoms with Crippen LogP contribution < -0.4 is 5.32 Å². The summed E-state index contributed by atoms with van der Waals surface area (Å²) >= 11 is 0. The van der Waals surface area contributed by atoms with Crippen LogP contribution in [0.25, 0.3) is 0 Å². The Morgan fingerprint density at radius 1 is 0.955 bits per heavy atom. The number of halogens is 3. The topological polar surface area (TPSA) is 12.0 Å². The standard InChI is InChI=1S/C18H16F3N/c1-10-3-5-13-12(7-10)9-14(13)15-8-11(2)4-6-16(15)22-18(21)17(19)20/h3-8,14,22H,9H2,1-2H3. The highest BCUT2D eigenvalue weighted by molar-refractivity contribution is 5.62. The molecule has 1 nitrogen and oxygen atoms in total. The van der Waals surface area contributed by atoms with E-state index in [4.69, 9.17) is 0 Å². The van der Waals surface area contributed by atoms with E-state index in [2.05, 4.69) is 17.4 Å². The lowest BCUT2D eigenvalue weighted by Crippen LogP contribution is -2.19. The van der Waals surface area contributed by atoms with Crippen LogP contribution >= 0.6 is 0 Å². The highest BCUT2D eigenvalue weighted by atomic mass is 19.3. The number of hydrogen-bond donors (Lipinski definition) is 1. The molecule has 0 fully saturated rings. The zero-order valence-corrected chi connectivity index (χ0v) is 12.4. The molecule has 0 saturated carbocycles. The Bertz CT molecular complexity index is 761. The molecular weight excluding hydrogens is 287 g/mol. The van der Waals surface area contributed by atoms with E-state index in [-0.39, 0.29) is 5.92 Å². The molecule has 1 aliphatic rings. The van der Waals surface area contributed by atoms with E-state index in [0.29, 0.717) is 5.69 Å². The van der Waals surface area contributed by atoms with Crippen LogP contribution in [-0.2, 0) is 6.42 Å². The quantitative estimate of drug-likeness (QED) is 0.745. The molecule has 0 spiro atoms. The number of hydrogen-bond acceptors (Lipinski definition) is 1. The number of anilines is 1. The van der Waals surface area contributed by atoms with Crippen LogP contribution in [-0.4, -0.2) is 0 Å². The first-order valence-electron chi connectivity index (χ1n) is 7.13. The molecule has 1 unspecified atom stereocenters. The SMILES string of the molecule is Cc1ccc2c(c1)CC2c1cc(C)ccc1NC(F)=C(F)F. The van der Waals surface area contributed by atoms with Crippen molar-refractivity contribution >= 4 is 5.69 Å². The van der Waals surface area contributed by atoms with Gasteiger partial charge < -0.3 is 5.32 Å². The predicted octanol–water partition coefficient (Wildman–Crippen LogP) is 5.44. The van der Waals surface area contributed by atoms with Gasteiger partial charge in [0.05, 0.1) is 0 Å². The predicted molar refractivity (Wildman–Crippen MR) is 81.9 cm³/mol. The fourth-order valence-corrected chi connectivity index (χ4v) is 2.98. The van der Waals surface area contributed by atoms with Gasteiger partial charge in [0.1, 0.15) is 0 Å². The van der Waals surface area contributed by atoms with Crippen LogP contribution in [0.2, 0.25) is 0 Å². The zero-order chi connectivity index (χ0) is 15.9. The summed E-state index contributed by atoms with van der Waals surface area (Å²) in [4.78, 5) is 0. The average molecular weight is 303 g/mol. The molecule has 4 heteroatoms. The number of rotatable bonds is 3. The molecule has 3 rings (SSSR count). The summed E-state index contributed by atoms with van der Waals surface area (Å²) < 4.78 is 37.9. The van der Waals surface area contributed by atoms with E-state index in [1.165, 1.54) is 16.7 Å². The second-order valence-electron chi connectivity index (χ2n) is 5.75. The summed E-state index contributed by atoms with van der Waals surface area (Å²) in [5.74, 6) is -1.47. The third-order valence-electron chi connectivity index (χ3n) is 4.09. The van der Waals surface area contributed by atoms with Crippen LogP contribution in [0.3, 0.4) is 0 Å². The first-order valence-corrected chi connectivity index (χ1v) is 7.13. The Morgan fingerprint density at radius 3 is 2.32 bits per heavy atom. The second kappa shape index (κ2) is 5.52. The van der Waals surface area contributed by atoms with E-state index in [1.807, 2.05) is 26.0 Å². The molecule has 2 aromatic rings. The Morgan fingerprint density at radius 2 is 1.64 bits per heavy atom. The lowest BCUT2D eigenvalue weighted by Gasteiger charge is -2.32. The maximum atomic E-state index is 13.2. The van der Waals surface area contributed by atoms with Crippen molar-refractivity contribution in [2.45, 2.75) is 26.2 Å². The molecule has 0 saturated heterocycles. The summed E-state index contributed by atoms with van der Waals surface area (Å²) in [7, 11) is 0. The van der Waals surface area contributed by atoms with E-state index in [0.717, 1.165) is 17.5 Å². The molecule has 0 radical (unpaired) electrons. The minimum Gasteiger partial charge on any atom is -0.327 e. The number of nitrogens with one attached hydrogen (secondary N) is 1. The molecule has 2 aromatic carbocycles. The Labute approximate surface area is 127 Å². The summed E-state index contributed by atoms with van der Waals surface area (Å²) in [5, 5.41) is 2.19. The summed E-state index contributed by atoms with van der Waals surface area (Å²) in [6, 6.07) is 11.6. The van der Waals surface area contributed by atoms with Gasteiger partial charge in [-0.2, -0.15) is 13.2 Å².